The Bertz CT molecular complexity index is 449. The molecule has 1 aromatic rings. The largest absolute Gasteiger partial charge is 0.465 e. The topological polar surface area (TPSA) is 67.4 Å². The molecule has 0 saturated heterocycles. The van der Waals surface area contributed by atoms with Crippen LogP contribution in [-0.2, 0) is 9.53 Å². The lowest BCUT2D eigenvalue weighted by molar-refractivity contribution is -0.116. The first-order valence-corrected chi connectivity index (χ1v) is 5.78. The van der Waals surface area contributed by atoms with Gasteiger partial charge >= 0.3 is 5.97 Å². The summed E-state index contributed by atoms with van der Waals surface area (Å²) in [6.45, 7) is 0.556. The fraction of sp³-hybridized carbons (Fsp3) is 0.333. The van der Waals surface area contributed by atoms with Crippen molar-refractivity contribution < 1.29 is 14.3 Å². The standard InChI is InChI=1S/C12H15ClN2O3/c1-14-6-5-11(16)15-10-7-8(13)3-4-9(10)12(17)18-2/h3-4,7,14H,5-6H2,1-2H3,(H,15,16). The zero-order chi connectivity index (χ0) is 13.5. The van der Waals surface area contributed by atoms with Crippen molar-refractivity contribution >= 4 is 29.2 Å². The number of amides is 1. The predicted molar refractivity (Wildman–Crippen MR) is 70.0 cm³/mol. The van der Waals surface area contributed by atoms with Gasteiger partial charge in [0.25, 0.3) is 0 Å². The van der Waals surface area contributed by atoms with Gasteiger partial charge in [-0.3, -0.25) is 4.79 Å². The first-order chi connectivity index (χ1) is 8.58. The Morgan fingerprint density at radius 3 is 2.72 bits per heavy atom. The van der Waals surface area contributed by atoms with Gasteiger partial charge in [-0.25, -0.2) is 4.79 Å². The number of benzene rings is 1. The number of methoxy groups -OCH3 is 1. The molecule has 1 aromatic carbocycles. The monoisotopic (exact) mass is 270 g/mol. The van der Waals surface area contributed by atoms with Gasteiger partial charge in [0.15, 0.2) is 0 Å². The molecule has 0 radical (unpaired) electrons. The molecule has 0 unspecified atom stereocenters. The number of nitrogens with one attached hydrogen (secondary N) is 2. The highest BCUT2D eigenvalue weighted by molar-refractivity contribution is 6.31. The molecule has 0 aliphatic rings. The number of anilines is 1. The molecule has 6 heteroatoms. The molecule has 0 saturated carbocycles. The van der Waals surface area contributed by atoms with Crippen LogP contribution in [-0.4, -0.2) is 32.6 Å². The summed E-state index contributed by atoms with van der Waals surface area (Å²) in [5.41, 5.74) is 0.634. The third-order valence-corrected chi connectivity index (χ3v) is 2.50. The van der Waals surface area contributed by atoms with E-state index in [2.05, 4.69) is 15.4 Å². The van der Waals surface area contributed by atoms with Gasteiger partial charge in [-0.15, -0.1) is 0 Å². The van der Waals surface area contributed by atoms with Crippen molar-refractivity contribution in [3.63, 3.8) is 0 Å². The maximum absolute atomic E-state index is 11.6. The minimum atomic E-state index is -0.518. The Kier molecular flexibility index (Phi) is 5.61. The van der Waals surface area contributed by atoms with Gasteiger partial charge in [-0.2, -0.15) is 0 Å². The first kappa shape index (κ1) is 14.5. The zero-order valence-electron chi connectivity index (χ0n) is 10.2. The van der Waals surface area contributed by atoms with E-state index in [0.29, 0.717) is 23.7 Å². The van der Waals surface area contributed by atoms with Crippen molar-refractivity contribution in [2.24, 2.45) is 0 Å². The van der Waals surface area contributed by atoms with Gasteiger partial charge in [0.05, 0.1) is 18.4 Å². The third kappa shape index (κ3) is 4.01. The van der Waals surface area contributed by atoms with Crippen LogP contribution >= 0.6 is 11.6 Å². The van der Waals surface area contributed by atoms with Gasteiger partial charge in [0.2, 0.25) is 5.91 Å². The van der Waals surface area contributed by atoms with Crippen molar-refractivity contribution in [2.45, 2.75) is 6.42 Å². The molecule has 2 N–H and O–H groups in total. The van der Waals surface area contributed by atoms with Gasteiger partial charge in [-0.05, 0) is 25.2 Å². The second-order valence-electron chi connectivity index (χ2n) is 3.58. The number of halogens is 1. The minimum Gasteiger partial charge on any atom is -0.465 e. The molecular weight excluding hydrogens is 256 g/mol. The van der Waals surface area contributed by atoms with E-state index in [1.165, 1.54) is 19.2 Å². The van der Waals surface area contributed by atoms with Crippen LogP contribution in [0.25, 0.3) is 0 Å². The molecule has 0 atom stereocenters. The van der Waals surface area contributed by atoms with Crippen molar-refractivity contribution in [2.75, 3.05) is 26.0 Å². The lowest BCUT2D eigenvalue weighted by atomic mass is 10.1. The third-order valence-electron chi connectivity index (χ3n) is 2.26. The molecule has 1 rings (SSSR count). The molecule has 0 aliphatic carbocycles. The molecule has 1 amide bonds. The number of ether oxygens (including phenoxy) is 1. The molecule has 0 fully saturated rings. The van der Waals surface area contributed by atoms with Gasteiger partial charge in [0, 0.05) is 18.0 Å². The van der Waals surface area contributed by atoms with Crippen molar-refractivity contribution in [3.05, 3.63) is 28.8 Å². The van der Waals surface area contributed by atoms with Crippen LogP contribution in [0.4, 0.5) is 5.69 Å². The SMILES string of the molecule is CNCCC(=O)Nc1cc(Cl)ccc1C(=O)OC. The number of esters is 1. The molecule has 0 aliphatic heterocycles. The van der Waals surface area contributed by atoms with E-state index in [4.69, 9.17) is 11.6 Å². The summed E-state index contributed by atoms with van der Waals surface area (Å²) >= 11 is 5.84. The lowest BCUT2D eigenvalue weighted by Crippen LogP contribution is -2.20. The minimum absolute atomic E-state index is 0.197. The van der Waals surface area contributed by atoms with Crippen LogP contribution < -0.4 is 10.6 Å². The number of carbonyl (C=O) groups is 2. The summed E-state index contributed by atoms with van der Waals surface area (Å²) in [6.07, 6.45) is 0.309. The molecule has 18 heavy (non-hydrogen) atoms. The molecule has 0 aromatic heterocycles. The van der Waals surface area contributed by atoms with Crippen LogP contribution in [0.2, 0.25) is 5.02 Å². The molecule has 0 heterocycles. The van der Waals surface area contributed by atoms with Crippen LogP contribution in [0, 0.1) is 0 Å². The molecule has 0 bridgehead atoms. The normalized spacial score (nSPS) is 9.94. The average molecular weight is 271 g/mol. The van der Waals surface area contributed by atoms with Crippen molar-refractivity contribution in [1.82, 2.24) is 5.32 Å². The second-order valence-corrected chi connectivity index (χ2v) is 4.02. The van der Waals surface area contributed by atoms with Crippen molar-refractivity contribution in [3.8, 4) is 0 Å². The Hall–Kier alpha value is -1.59. The highest BCUT2D eigenvalue weighted by Gasteiger charge is 2.14. The first-order valence-electron chi connectivity index (χ1n) is 5.40. The van der Waals surface area contributed by atoms with Crippen LogP contribution in [0.3, 0.4) is 0 Å². The summed E-state index contributed by atoms with van der Waals surface area (Å²) in [5, 5.41) is 5.94. The molecule has 5 nitrogen and oxygen atoms in total. The fourth-order valence-corrected chi connectivity index (χ4v) is 1.53. The smallest absolute Gasteiger partial charge is 0.339 e. The van der Waals surface area contributed by atoms with E-state index >= 15 is 0 Å². The Labute approximate surface area is 110 Å². The summed E-state index contributed by atoms with van der Waals surface area (Å²) in [4.78, 5) is 23.1. The number of carbonyl (C=O) groups excluding carboxylic acids is 2. The molecular formula is C12H15ClN2O3. The highest BCUT2D eigenvalue weighted by atomic mass is 35.5. The second kappa shape index (κ2) is 6.98. The summed E-state index contributed by atoms with van der Waals surface area (Å²) in [6, 6.07) is 4.60. The van der Waals surface area contributed by atoms with E-state index in [1.54, 1.807) is 13.1 Å². The Morgan fingerprint density at radius 2 is 2.11 bits per heavy atom. The van der Waals surface area contributed by atoms with E-state index in [9.17, 15) is 9.59 Å². The molecule has 0 spiro atoms. The quantitative estimate of drug-likeness (QED) is 0.799. The summed E-state index contributed by atoms with van der Waals surface area (Å²) in [5.74, 6) is -0.715. The van der Waals surface area contributed by atoms with Gasteiger partial charge < -0.3 is 15.4 Å². The van der Waals surface area contributed by atoms with Gasteiger partial charge in [-0.1, -0.05) is 11.6 Å². The molecule has 98 valence electrons. The zero-order valence-corrected chi connectivity index (χ0v) is 11.0. The maximum Gasteiger partial charge on any atom is 0.339 e. The maximum atomic E-state index is 11.6. The van der Waals surface area contributed by atoms with Crippen LogP contribution in [0.1, 0.15) is 16.8 Å². The Balaban J connectivity index is 2.88. The van der Waals surface area contributed by atoms with Crippen LogP contribution in [0.5, 0.6) is 0 Å². The predicted octanol–water partition coefficient (Wildman–Crippen LogP) is 1.67. The number of hydrogen-bond acceptors (Lipinski definition) is 4. The van der Waals surface area contributed by atoms with E-state index in [0.717, 1.165) is 0 Å². The summed E-state index contributed by atoms with van der Waals surface area (Å²) in [7, 11) is 3.04. The number of hydrogen-bond donors (Lipinski definition) is 2. The van der Waals surface area contributed by atoms with E-state index < -0.39 is 5.97 Å². The lowest BCUT2D eigenvalue weighted by Gasteiger charge is -2.10. The van der Waals surface area contributed by atoms with Gasteiger partial charge in [0.1, 0.15) is 0 Å². The van der Waals surface area contributed by atoms with E-state index in [-0.39, 0.29) is 11.5 Å². The van der Waals surface area contributed by atoms with Crippen molar-refractivity contribution in [1.29, 1.82) is 0 Å². The highest BCUT2D eigenvalue weighted by Crippen LogP contribution is 2.22. The average Bonchev–Trinajstić information content (AvgIpc) is 2.35. The summed E-state index contributed by atoms with van der Waals surface area (Å²) < 4.78 is 4.63. The van der Waals surface area contributed by atoms with Crippen LogP contribution in [0.15, 0.2) is 18.2 Å². The fourth-order valence-electron chi connectivity index (χ4n) is 1.36. The number of rotatable bonds is 5. The van der Waals surface area contributed by atoms with E-state index in [1.807, 2.05) is 0 Å². The Morgan fingerprint density at radius 1 is 1.39 bits per heavy atom.